The summed E-state index contributed by atoms with van der Waals surface area (Å²) in [4.78, 5) is 0. The lowest BCUT2D eigenvalue weighted by molar-refractivity contribution is -0.0737. The Kier molecular flexibility index (Phi) is 3.10. The van der Waals surface area contributed by atoms with Crippen molar-refractivity contribution in [2.75, 3.05) is 5.73 Å². The molecule has 112 valence electrons. The SMILES string of the molecule is CC1(C)CC(n2cc(-c3ccc(N)cc3)cn2)C(C)(C)O1. The fourth-order valence-electron chi connectivity index (χ4n) is 3.28. The topological polar surface area (TPSA) is 53.1 Å². The molecule has 0 spiro atoms. The van der Waals surface area contributed by atoms with E-state index in [1.807, 2.05) is 35.1 Å². The normalized spacial score (nSPS) is 23.3. The molecule has 1 atom stereocenters. The number of rotatable bonds is 2. The zero-order valence-corrected chi connectivity index (χ0v) is 13.1. The minimum Gasteiger partial charge on any atom is -0.399 e. The smallest absolute Gasteiger partial charge is 0.0857 e. The molecular formula is C17H23N3O. The van der Waals surface area contributed by atoms with Gasteiger partial charge in [-0.3, -0.25) is 4.68 Å². The molecule has 2 aromatic rings. The number of nitrogen functional groups attached to an aromatic ring is 1. The Hall–Kier alpha value is -1.81. The van der Waals surface area contributed by atoms with E-state index in [1.165, 1.54) is 0 Å². The first kappa shape index (κ1) is 14.1. The highest BCUT2D eigenvalue weighted by atomic mass is 16.5. The van der Waals surface area contributed by atoms with Crippen LogP contribution in [0.4, 0.5) is 5.69 Å². The van der Waals surface area contributed by atoms with Gasteiger partial charge in [0.05, 0.1) is 23.4 Å². The standard InChI is InChI=1S/C17H23N3O/c1-16(2)9-15(17(3,4)21-16)20-11-13(10-19-20)12-5-7-14(18)8-6-12/h5-8,10-11,15H,9,18H2,1-4H3. The van der Waals surface area contributed by atoms with Gasteiger partial charge in [0.25, 0.3) is 0 Å². The van der Waals surface area contributed by atoms with Gasteiger partial charge in [-0.25, -0.2) is 0 Å². The molecule has 0 saturated carbocycles. The lowest BCUT2D eigenvalue weighted by Gasteiger charge is -2.27. The predicted octanol–water partition coefficient (Wildman–Crippen LogP) is 3.65. The van der Waals surface area contributed by atoms with Gasteiger partial charge in [-0.1, -0.05) is 12.1 Å². The molecule has 0 radical (unpaired) electrons. The molecular weight excluding hydrogens is 262 g/mol. The van der Waals surface area contributed by atoms with Crippen molar-refractivity contribution in [1.29, 1.82) is 0 Å². The van der Waals surface area contributed by atoms with E-state index in [0.29, 0.717) is 0 Å². The summed E-state index contributed by atoms with van der Waals surface area (Å²) in [5.74, 6) is 0. The molecule has 1 unspecified atom stereocenters. The first-order valence-electron chi connectivity index (χ1n) is 7.37. The number of aromatic nitrogens is 2. The van der Waals surface area contributed by atoms with E-state index in [4.69, 9.17) is 10.5 Å². The van der Waals surface area contributed by atoms with Crippen LogP contribution in [0.1, 0.15) is 40.2 Å². The number of benzene rings is 1. The summed E-state index contributed by atoms with van der Waals surface area (Å²) in [7, 11) is 0. The average molecular weight is 285 g/mol. The van der Waals surface area contributed by atoms with Crippen LogP contribution >= 0.6 is 0 Å². The van der Waals surface area contributed by atoms with Gasteiger partial charge in [-0.15, -0.1) is 0 Å². The summed E-state index contributed by atoms with van der Waals surface area (Å²) < 4.78 is 8.20. The molecule has 1 aromatic heterocycles. The third-order valence-corrected chi connectivity index (χ3v) is 4.19. The summed E-state index contributed by atoms with van der Waals surface area (Å²) in [6, 6.07) is 8.12. The van der Waals surface area contributed by atoms with E-state index in [2.05, 4.69) is 39.0 Å². The van der Waals surface area contributed by atoms with Crippen LogP contribution in [0, 0.1) is 0 Å². The third-order valence-electron chi connectivity index (χ3n) is 4.19. The van der Waals surface area contributed by atoms with E-state index in [1.54, 1.807) is 0 Å². The quantitative estimate of drug-likeness (QED) is 0.857. The highest BCUT2D eigenvalue weighted by Crippen LogP contribution is 2.44. The van der Waals surface area contributed by atoms with Crippen LogP contribution in [0.5, 0.6) is 0 Å². The lowest BCUT2D eigenvalue weighted by atomic mass is 9.94. The molecule has 1 saturated heterocycles. The van der Waals surface area contributed by atoms with Gasteiger partial charge in [0.15, 0.2) is 0 Å². The Morgan fingerprint density at radius 2 is 1.81 bits per heavy atom. The summed E-state index contributed by atoms with van der Waals surface area (Å²) in [6.07, 6.45) is 4.97. The maximum absolute atomic E-state index is 6.16. The van der Waals surface area contributed by atoms with Crippen LogP contribution in [-0.2, 0) is 4.74 Å². The fraction of sp³-hybridized carbons (Fsp3) is 0.471. The minimum atomic E-state index is -0.214. The predicted molar refractivity (Wildman–Crippen MR) is 85.0 cm³/mol. The van der Waals surface area contributed by atoms with Crippen molar-refractivity contribution in [2.24, 2.45) is 0 Å². The van der Waals surface area contributed by atoms with Crippen LogP contribution in [-0.4, -0.2) is 21.0 Å². The van der Waals surface area contributed by atoms with E-state index in [9.17, 15) is 0 Å². The number of ether oxygens (including phenoxy) is 1. The molecule has 2 heterocycles. The highest BCUT2D eigenvalue weighted by molar-refractivity contribution is 5.64. The van der Waals surface area contributed by atoms with Gasteiger partial charge < -0.3 is 10.5 Å². The molecule has 4 nitrogen and oxygen atoms in total. The Morgan fingerprint density at radius 1 is 1.14 bits per heavy atom. The van der Waals surface area contributed by atoms with Gasteiger partial charge >= 0.3 is 0 Å². The summed E-state index contributed by atoms with van der Waals surface area (Å²) in [5.41, 5.74) is 8.43. The molecule has 0 amide bonds. The zero-order chi connectivity index (χ0) is 15.3. The first-order chi connectivity index (χ1) is 9.77. The van der Waals surface area contributed by atoms with Gasteiger partial charge in [-0.05, 0) is 45.4 Å². The zero-order valence-electron chi connectivity index (χ0n) is 13.1. The van der Waals surface area contributed by atoms with E-state index in [-0.39, 0.29) is 17.2 Å². The van der Waals surface area contributed by atoms with Crippen molar-refractivity contribution in [3.63, 3.8) is 0 Å². The van der Waals surface area contributed by atoms with E-state index < -0.39 is 0 Å². The Morgan fingerprint density at radius 3 is 2.38 bits per heavy atom. The Bertz CT molecular complexity index is 640. The Balaban J connectivity index is 1.90. The van der Waals surface area contributed by atoms with E-state index >= 15 is 0 Å². The van der Waals surface area contributed by atoms with Crippen molar-refractivity contribution in [3.05, 3.63) is 36.7 Å². The van der Waals surface area contributed by atoms with Crippen molar-refractivity contribution in [2.45, 2.75) is 51.4 Å². The molecule has 1 aliphatic rings. The van der Waals surface area contributed by atoms with Gasteiger partial charge in [-0.2, -0.15) is 5.10 Å². The van der Waals surface area contributed by atoms with Crippen LogP contribution < -0.4 is 5.73 Å². The van der Waals surface area contributed by atoms with Gasteiger partial charge in [0.1, 0.15) is 0 Å². The number of nitrogens with two attached hydrogens (primary N) is 1. The fourth-order valence-corrected chi connectivity index (χ4v) is 3.28. The second kappa shape index (κ2) is 4.60. The van der Waals surface area contributed by atoms with Crippen molar-refractivity contribution < 1.29 is 4.74 Å². The minimum absolute atomic E-state index is 0.110. The second-order valence-electron chi connectivity index (χ2n) is 7.02. The van der Waals surface area contributed by atoms with E-state index in [0.717, 1.165) is 23.2 Å². The third kappa shape index (κ3) is 2.68. The molecule has 4 heteroatoms. The highest BCUT2D eigenvalue weighted by Gasteiger charge is 2.47. The maximum atomic E-state index is 6.16. The van der Waals surface area contributed by atoms with Crippen LogP contribution in [0.15, 0.2) is 36.7 Å². The Labute approximate surface area is 125 Å². The second-order valence-corrected chi connectivity index (χ2v) is 7.02. The summed E-state index contributed by atoms with van der Waals surface area (Å²) >= 11 is 0. The summed E-state index contributed by atoms with van der Waals surface area (Å²) in [6.45, 7) is 8.55. The van der Waals surface area contributed by atoms with Crippen molar-refractivity contribution in [3.8, 4) is 11.1 Å². The first-order valence-corrected chi connectivity index (χ1v) is 7.37. The lowest BCUT2D eigenvalue weighted by Crippen LogP contribution is -2.31. The van der Waals surface area contributed by atoms with Crippen molar-refractivity contribution >= 4 is 5.69 Å². The van der Waals surface area contributed by atoms with Crippen molar-refractivity contribution in [1.82, 2.24) is 9.78 Å². The molecule has 0 aliphatic carbocycles. The van der Waals surface area contributed by atoms with Crippen LogP contribution in [0.3, 0.4) is 0 Å². The number of anilines is 1. The molecule has 0 bridgehead atoms. The molecule has 3 rings (SSSR count). The van der Waals surface area contributed by atoms with Gasteiger partial charge in [0.2, 0.25) is 0 Å². The number of hydrogen-bond acceptors (Lipinski definition) is 3. The summed E-state index contributed by atoms with van der Waals surface area (Å²) in [5, 5.41) is 4.56. The largest absolute Gasteiger partial charge is 0.399 e. The number of hydrogen-bond donors (Lipinski definition) is 1. The average Bonchev–Trinajstić information content (AvgIpc) is 2.92. The monoisotopic (exact) mass is 285 g/mol. The maximum Gasteiger partial charge on any atom is 0.0857 e. The molecule has 1 aromatic carbocycles. The van der Waals surface area contributed by atoms with Crippen LogP contribution in [0.25, 0.3) is 11.1 Å². The number of nitrogens with zero attached hydrogens (tertiary/aromatic N) is 2. The molecule has 21 heavy (non-hydrogen) atoms. The molecule has 1 fully saturated rings. The molecule has 2 N–H and O–H groups in total. The molecule has 1 aliphatic heterocycles. The van der Waals surface area contributed by atoms with Gasteiger partial charge in [0, 0.05) is 23.9 Å². The van der Waals surface area contributed by atoms with Crippen LogP contribution in [0.2, 0.25) is 0 Å².